The first kappa shape index (κ1) is 23.4. The van der Waals surface area contributed by atoms with Crippen LogP contribution in [0.2, 0.25) is 0 Å². The molecule has 39 heavy (non-hydrogen) atoms. The summed E-state index contributed by atoms with van der Waals surface area (Å²) in [5.41, 5.74) is 3.39. The Balaban J connectivity index is 1.72. The van der Waals surface area contributed by atoms with Crippen molar-refractivity contribution in [1.29, 1.82) is 15.8 Å². The molecule has 0 aliphatic carbocycles. The van der Waals surface area contributed by atoms with Crippen LogP contribution in [0.5, 0.6) is 17.2 Å². The van der Waals surface area contributed by atoms with Gasteiger partial charge in [-0.05, 0) is 68.1 Å². The zero-order valence-corrected chi connectivity index (χ0v) is 20.4. The van der Waals surface area contributed by atoms with Gasteiger partial charge in [0.2, 0.25) is 0 Å². The molecular formula is C33H17N3O3. The van der Waals surface area contributed by atoms with E-state index >= 15 is 0 Å². The molecule has 0 aliphatic rings. The van der Waals surface area contributed by atoms with E-state index in [2.05, 4.69) is 0 Å². The average molecular weight is 504 g/mol. The van der Waals surface area contributed by atoms with Crippen molar-refractivity contribution >= 4 is 32.3 Å². The van der Waals surface area contributed by atoms with Crippen molar-refractivity contribution in [1.82, 2.24) is 0 Å². The highest BCUT2D eigenvalue weighted by atomic mass is 16.5. The van der Waals surface area contributed by atoms with Crippen molar-refractivity contribution in [2.75, 3.05) is 0 Å². The fourth-order valence-electron chi connectivity index (χ4n) is 5.25. The molecule has 6 aromatic carbocycles. The minimum atomic E-state index is 0.399. The van der Waals surface area contributed by atoms with Gasteiger partial charge in [0, 0.05) is 10.8 Å². The number of benzene rings is 6. The molecule has 0 saturated heterocycles. The van der Waals surface area contributed by atoms with Gasteiger partial charge in [0.25, 0.3) is 18.8 Å². The summed E-state index contributed by atoms with van der Waals surface area (Å²) >= 11 is 0. The molecule has 0 amide bonds. The van der Waals surface area contributed by atoms with Gasteiger partial charge in [-0.1, -0.05) is 78.9 Å². The Morgan fingerprint density at radius 2 is 1.03 bits per heavy atom. The van der Waals surface area contributed by atoms with Crippen LogP contribution in [0.25, 0.3) is 54.6 Å². The van der Waals surface area contributed by atoms with Gasteiger partial charge in [-0.3, -0.25) is 0 Å². The summed E-state index contributed by atoms with van der Waals surface area (Å²) in [7, 11) is 0. The highest BCUT2D eigenvalue weighted by Crippen LogP contribution is 2.45. The maximum atomic E-state index is 9.47. The van der Waals surface area contributed by atoms with E-state index in [4.69, 9.17) is 14.2 Å². The topological polar surface area (TPSA) is 99.1 Å². The van der Waals surface area contributed by atoms with E-state index in [1.807, 2.05) is 97.3 Å². The molecule has 0 radical (unpaired) electrons. The van der Waals surface area contributed by atoms with Gasteiger partial charge in [-0.2, -0.15) is 0 Å². The van der Waals surface area contributed by atoms with Gasteiger partial charge in [-0.25, -0.2) is 0 Å². The Labute approximate surface area is 223 Å². The monoisotopic (exact) mass is 503 g/mol. The van der Waals surface area contributed by atoms with Crippen molar-refractivity contribution < 1.29 is 14.2 Å². The van der Waals surface area contributed by atoms with E-state index in [1.165, 1.54) is 0 Å². The largest absolute Gasteiger partial charge is 0.388 e. The molecule has 0 heterocycles. The fourth-order valence-corrected chi connectivity index (χ4v) is 5.25. The number of nitriles is 3. The first-order chi connectivity index (χ1) is 19.2. The van der Waals surface area contributed by atoms with Gasteiger partial charge in [0.1, 0.15) is 5.75 Å². The second-order valence-corrected chi connectivity index (χ2v) is 8.77. The first-order valence-corrected chi connectivity index (χ1v) is 12.0. The third kappa shape index (κ3) is 3.98. The highest BCUT2D eigenvalue weighted by Gasteiger charge is 2.19. The average Bonchev–Trinajstić information content (AvgIpc) is 2.97. The van der Waals surface area contributed by atoms with Crippen LogP contribution in [0.15, 0.2) is 103 Å². The standard InChI is InChI=1S/C33H17N3O3/c34-18-37-23-16-22-6-1-2-9-24(22)29(17-23)25-14-15-28(33-26(25)11-5-13-31(33)39-20-36)27-10-3-7-21-8-4-12-30(32(21)27)38-19-35/h1-17H. The summed E-state index contributed by atoms with van der Waals surface area (Å²) in [5, 5.41) is 33.1. The Kier molecular flexibility index (Phi) is 5.87. The van der Waals surface area contributed by atoms with Crippen molar-refractivity contribution in [2.45, 2.75) is 0 Å². The molecule has 6 heteroatoms. The maximum Gasteiger partial charge on any atom is 0.292 e. The van der Waals surface area contributed by atoms with Crippen LogP contribution in [-0.4, -0.2) is 0 Å². The molecule has 6 aromatic rings. The SMILES string of the molecule is N#COc1cc(-c2ccc(-c3cccc4cccc(OC#N)c34)c3c(OC#N)cccc23)c2ccccc2c1. The Morgan fingerprint density at radius 3 is 1.79 bits per heavy atom. The van der Waals surface area contributed by atoms with Crippen molar-refractivity contribution in [3.63, 3.8) is 0 Å². The number of nitrogens with zero attached hydrogens (tertiary/aromatic N) is 3. The summed E-state index contributed by atoms with van der Waals surface area (Å²) in [6.45, 7) is 0. The fraction of sp³-hybridized carbons (Fsp3) is 0. The quantitative estimate of drug-likeness (QED) is 0.221. The van der Waals surface area contributed by atoms with Crippen LogP contribution in [0.1, 0.15) is 0 Å². The Bertz CT molecular complexity index is 2040. The Morgan fingerprint density at radius 1 is 0.436 bits per heavy atom. The molecule has 0 fully saturated rings. The summed E-state index contributed by atoms with van der Waals surface area (Å²) in [6.07, 6.45) is 5.36. The Hall–Kier alpha value is -6.03. The minimum Gasteiger partial charge on any atom is -0.388 e. The molecule has 0 aliphatic heterocycles. The lowest BCUT2D eigenvalue weighted by Gasteiger charge is -2.17. The van der Waals surface area contributed by atoms with E-state index < -0.39 is 0 Å². The number of rotatable bonds is 5. The van der Waals surface area contributed by atoms with Crippen molar-refractivity contribution in [2.24, 2.45) is 0 Å². The van der Waals surface area contributed by atoms with Gasteiger partial charge < -0.3 is 14.2 Å². The van der Waals surface area contributed by atoms with Crippen LogP contribution in [-0.2, 0) is 0 Å². The van der Waals surface area contributed by atoms with Crippen LogP contribution in [0, 0.1) is 34.6 Å². The lowest BCUT2D eigenvalue weighted by Crippen LogP contribution is -1.93. The lowest BCUT2D eigenvalue weighted by molar-refractivity contribution is 0.508. The lowest BCUT2D eigenvalue weighted by atomic mass is 9.88. The summed E-state index contributed by atoms with van der Waals surface area (Å²) in [6, 6.07) is 32.5. The number of hydrogen-bond acceptors (Lipinski definition) is 6. The van der Waals surface area contributed by atoms with Crippen LogP contribution < -0.4 is 14.2 Å². The van der Waals surface area contributed by atoms with Gasteiger partial charge in [0.05, 0.1) is 0 Å². The maximum absolute atomic E-state index is 9.47. The van der Waals surface area contributed by atoms with Gasteiger partial charge in [-0.15, -0.1) is 15.8 Å². The molecule has 6 nitrogen and oxygen atoms in total. The zero-order valence-electron chi connectivity index (χ0n) is 20.4. The predicted octanol–water partition coefficient (Wildman–Crippen LogP) is 8.06. The number of hydrogen-bond donors (Lipinski definition) is 0. The molecular weight excluding hydrogens is 486 g/mol. The highest BCUT2D eigenvalue weighted by molar-refractivity contribution is 6.15. The summed E-state index contributed by atoms with van der Waals surface area (Å²) in [4.78, 5) is 0. The van der Waals surface area contributed by atoms with Crippen LogP contribution >= 0.6 is 0 Å². The third-order valence-electron chi connectivity index (χ3n) is 6.76. The molecule has 0 spiro atoms. The second kappa shape index (κ2) is 9.79. The molecule has 0 atom stereocenters. The van der Waals surface area contributed by atoms with Crippen LogP contribution in [0.3, 0.4) is 0 Å². The van der Waals surface area contributed by atoms with E-state index in [-0.39, 0.29) is 0 Å². The molecule has 182 valence electrons. The number of ether oxygens (including phenoxy) is 3. The zero-order chi connectivity index (χ0) is 26.8. The summed E-state index contributed by atoms with van der Waals surface area (Å²) in [5.74, 6) is 1.27. The molecule has 0 N–H and O–H groups in total. The first-order valence-electron chi connectivity index (χ1n) is 12.0. The normalized spacial score (nSPS) is 10.5. The van der Waals surface area contributed by atoms with Crippen molar-refractivity contribution in [3.8, 4) is 58.3 Å². The molecule has 6 rings (SSSR count). The molecule has 0 saturated carbocycles. The predicted molar refractivity (Wildman–Crippen MR) is 149 cm³/mol. The molecule has 0 aromatic heterocycles. The smallest absolute Gasteiger partial charge is 0.292 e. The van der Waals surface area contributed by atoms with E-state index in [0.717, 1.165) is 54.6 Å². The number of fused-ring (bicyclic) bond motifs is 3. The summed E-state index contributed by atoms with van der Waals surface area (Å²) < 4.78 is 16.0. The van der Waals surface area contributed by atoms with Gasteiger partial charge in [0.15, 0.2) is 11.5 Å². The minimum absolute atomic E-state index is 0.399. The van der Waals surface area contributed by atoms with E-state index in [9.17, 15) is 15.8 Å². The third-order valence-corrected chi connectivity index (χ3v) is 6.76. The van der Waals surface area contributed by atoms with Gasteiger partial charge >= 0.3 is 0 Å². The second-order valence-electron chi connectivity index (χ2n) is 8.77. The van der Waals surface area contributed by atoms with Crippen molar-refractivity contribution in [3.05, 3.63) is 103 Å². The van der Waals surface area contributed by atoms with E-state index in [0.29, 0.717) is 17.2 Å². The molecule has 0 unspecified atom stereocenters. The molecule has 0 bridgehead atoms. The van der Waals surface area contributed by atoms with E-state index in [1.54, 1.807) is 24.6 Å². The van der Waals surface area contributed by atoms with Crippen LogP contribution in [0.4, 0.5) is 0 Å².